The monoisotopic (exact) mass is 308 g/mol. The summed E-state index contributed by atoms with van der Waals surface area (Å²) >= 11 is 0. The highest BCUT2D eigenvalue weighted by atomic mass is 32.2. The van der Waals surface area contributed by atoms with Crippen LogP contribution in [0, 0.1) is 0 Å². The number of hydrogen-bond donors (Lipinski definition) is 0. The van der Waals surface area contributed by atoms with Crippen molar-refractivity contribution in [1.82, 2.24) is 4.31 Å². The van der Waals surface area contributed by atoms with E-state index in [0.717, 1.165) is 24.1 Å². The smallest absolute Gasteiger partial charge is 0.245 e. The third-order valence-corrected chi connectivity index (χ3v) is 6.25. The first-order chi connectivity index (χ1) is 10.0. The van der Waals surface area contributed by atoms with Gasteiger partial charge >= 0.3 is 0 Å². The van der Waals surface area contributed by atoms with Gasteiger partial charge in [0.1, 0.15) is 6.04 Å². The van der Waals surface area contributed by atoms with Gasteiger partial charge in [0.05, 0.1) is 5.75 Å². The Hall–Kier alpha value is -1.40. The molecule has 3 rings (SSSR count). The Bertz CT molecular complexity index is 657. The Morgan fingerprint density at radius 3 is 2.81 bits per heavy atom. The molecule has 0 radical (unpaired) electrons. The summed E-state index contributed by atoms with van der Waals surface area (Å²) in [5, 5.41) is 0. The standard InChI is InChI=1S/C15H20N2O3S/c1-2-21(19,20)17-10-5-8-14(17)15(18)16-11-9-12-6-3-4-7-13(12)16/h3-4,6-7,14H,2,5,8-11H2,1H3. The lowest BCUT2D eigenvalue weighted by Gasteiger charge is -2.27. The van der Waals surface area contributed by atoms with Crippen molar-refractivity contribution in [2.75, 3.05) is 23.7 Å². The van der Waals surface area contributed by atoms with Crippen molar-refractivity contribution in [3.8, 4) is 0 Å². The molecule has 2 aliphatic heterocycles. The van der Waals surface area contributed by atoms with Crippen molar-refractivity contribution in [1.29, 1.82) is 0 Å². The zero-order valence-electron chi connectivity index (χ0n) is 12.2. The number of para-hydroxylation sites is 1. The van der Waals surface area contributed by atoms with Crippen LogP contribution in [0.5, 0.6) is 0 Å². The number of rotatable bonds is 3. The summed E-state index contributed by atoms with van der Waals surface area (Å²) in [7, 11) is -3.31. The molecule has 2 aliphatic rings. The molecule has 0 bridgehead atoms. The van der Waals surface area contributed by atoms with E-state index in [0.29, 0.717) is 19.5 Å². The molecule has 1 amide bonds. The number of carbonyl (C=O) groups is 1. The average molecular weight is 308 g/mol. The van der Waals surface area contributed by atoms with Crippen molar-refractivity contribution in [2.24, 2.45) is 0 Å². The lowest BCUT2D eigenvalue weighted by Crippen LogP contribution is -2.47. The fourth-order valence-corrected chi connectivity index (χ4v) is 4.56. The van der Waals surface area contributed by atoms with Gasteiger partial charge in [-0.1, -0.05) is 18.2 Å². The molecule has 114 valence electrons. The van der Waals surface area contributed by atoms with E-state index < -0.39 is 16.1 Å². The summed E-state index contributed by atoms with van der Waals surface area (Å²) in [5.41, 5.74) is 2.09. The Kier molecular flexibility index (Phi) is 3.75. The molecule has 6 heteroatoms. The van der Waals surface area contributed by atoms with Gasteiger partial charge in [-0.2, -0.15) is 4.31 Å². The lowest BCUT2D eigenvalue weighted by molar-refractivity contribution is -0.121. The number of anilines is 1. The summed E-state index contributed by atoms with van der Waals surface area (Å²) in [5.74, 6) is -0.0256. The van der Waals surface area contributed by atoms with E-state index in [1.165, 1.54) is 4.31 Å². The molecule has 1 aromatic carbocycles. The van der Waals surface area contributed by atoms with Crippen LogP contribution in [-0.2, 0) is 21.2 Å². The van der Waals surface area contributed by atoms with Crippen molar-refractivity contribution in [3.63, 3.8) is 0 Å². The third kappa shape index (κ3) is 2.46. The van der Waals surface area contributed by atoms with Gasteiger partial charge in [-0.05, 0) is 37.8 Å². The van der Waals surface area contributed by atoms with Gasteiger partial charge in [0.25, 0.3) is 0 Å². The van der Waals surface area contributed by atoms with Gasteiger partial charge in [0.2, 0.25) is 15.9 Å². The summed E-state index contributed by atoms with van der Waals surface area (Å²) in [4.78, 5) is 14.6. The first-order valence-corrected chi connectivity index (χ1v) is 9.04. The van der Waals surface area contributed by atoms with Crippen LogP contribution in [0.25, 0.3) is 0 Å². The summed E-state index contributed by atoms with van der Waals surface area (Å²) in [6.45, 7) is 2.73. The van der Waals surface area contributed by atoms with Crippen LogP contribution < -0.4 is 4.90 Å². The van der Waals surface area contributed by atoms with Crippen molar-refractivity contribution < 1.29 is 13.2 Å². The van der Waals surface area contributed by atoms with E-state index in [2.05, 4.69) is 0 Å². The van der Waals surface area contributed by atoms with Crippen molar-refractivity contribution in [2.45, 2.75) is 32.2 Å². The van der Waals surface area contributed by atoms with Crippen molar-refractivity contribution >= 4 is 21.6 Å². The molecular weight excluding hydrogens is 288 g/mol. The van der Waals surface area contributed by atoms with Crippen LogP contribution in [0.4, 0.5) is 5.69 Å². The number of fused-ring (bicyclic) bond motifs is 1. The second-order valence-electron chi connectivity index (χ2n) is 5.54. The molecule has 0 aromatic heterocycles. The van der Waals surface area contributed by atoms with Crippen LogP contribution in [-0.4, -0.2) is 43.5 Å². The van der Waals surface area contributed by atoms with Crippen molar-refractivity contribution in [3.05, 3.63) is 29.8 Å². The highest BCUT2D eigenvalue weighted by Gasteiger charge is 2.41. The van der Waals surface area contributed by atoms with E-state index in [9.17, 15) is 13.2 Å². The molecule has 0 saturated carbocycles. The topological polar surface area (TPSA) is 57.7 Å². The number of benzene rings is 1. The van der Waals surface area contributed by atoms with E-state index in [1.54, 1.807) is 11.8 Å². The molecule has 2 heterocycles. The minimum atomic E-state index is -3.31. The quantitative estimate of drug-likeness (QED) is 0.848. The fraction of sp³-hybridized carbons (Fsp3) is 0.533. The molecule has 21 heavy (non-hydrogen) atoms. The Labute approximate surface area is 125 Å². The minimum Gasteiger partial charge on any atom is -0.310 e. The Balaban J connectivity index is 1.86. The first kappa shape index (κ1) is 14.5. The minimum absolute atomic E-state index is 0.0490. The van der Waals surface area contributed by atoms with Gasteiger partial charge in [-0.3, -0.25) is 4.79 Å². The maximum Gasteiger partial charge on any atom is 0.245 e. The van der Waals surface area contributed by atoms with E-state index in [-0.39, 0.29) is 11.7 Å². The number of sulfonamides is 1. The van der Waals surface area contributed by atoms with Crippen LogP contribution in [0.3, 0.4) is 0 Å². The normalized spacial score (nSPS) is 22.5. The van der Waals surface area contributed by atoms with Crippen LogP contribution in [0.15, 0.2) is 24.3 Å². The number of hydrogen-bond acceptors (Lipinski definition) is 3. The van der Waals surface area contributed by atoms with Crippen LogP contribution in [0.1, 0.15) is 25.3 Å². The third-order valence-electron chi connectivity index (χ3n) is 4.36. The second-order valence-corrected chi connectivity index (χ2v) is 7.75. The first-order valence-electron chi connectivity index (χ1n) is 7.43. The van der Waals surface area contributed by atoms with Gasteiger partial charge in [0, 0.05) is 18.8 Å². The molecule has 5 nitrogen and oxygen atoms in total. The molecule has 0 spiro atoms. The van der Waals surface area contributed by atoms with E-state index in [1.807, 2.05) is 24.3 Å². The molecule has 0 N–H and O–H groups in total. The van der Waals surface area contributed by atoms with Crippen LogP contribution >= 0.6 is 0 Å². The molecule has 1 unspecified atom stereocenters. The molecule has 1 saturated heterocycles. The van der Waals surface area contributed by atoms with Gasteiger partial charge in [-0.25, -0.2) is 8.42 Å². The summed E-state index contributed by atoms with van der Waals surface area (Å²) < 4.78 is 25.7. The number of nitrogens with zero attached hydrogens (tertiary/aromatic N) is 2. The molecule has 1 aromatic rings. The maximum absolute atomic E-state index is 12.8. The predicted molar refractivity (Wildman–Crippen MR) is 81.7 cm³/mol. The predicted octanol–water partition coefficient (Wildman–Crippen LogP) is 1.39. The van der Waals surface area contributed by atoms with Gasteiger partial charge in [-0.15, -0.1) is 0 Å². The zero-order valence-corrected chi connectivity index (χ0v) is 13.0. The summed E-state index contributed by atoms with van der Waals surface area (Å²) in [6.07, 6.45) is 2.22. The highest BCUT2D eigenvalue weighted by molar-refractivity contribution is 7.89. The largest absolute Gasteiger partial charge is 0.310 e. The van der Waals surface area contributed by atoms with E-state index in [4.69, 9.17) is 0 Å². The van der Waals surface area contributed by atoms with Crippen LogP contribution in [0.2, 0.25) is 0 Å². The Morgan fingerprint density at radius 1 is 1.29 bits per heavy atom. The molecular formula is C15H20N2O3S. The number of carbonyl (C=O) groups excluding carboxylic acids is 1. The molecule has 1 atom stereocenters. The molecule has 1 fully saturated rings. The molecule has 0 aliphatic carbocycles. The van der Waals surface area contributed by atoms with Gasteiger partial charge < -0.3 is 4.90 Å². The number of amides is 1. The average Bonchev–Trinajstić information content (AvgIpc) is 3.13. The lowest BCUT2D eigenvalue weighted by atomic mass is 10.1. The Morgan fingerprint density at radius 2 is 2.05 bits per heavy atom. The summed E-state index contributed by atoms with van der Waals surface area (Å²) in [6, 6.07) is 7.32. The zero-order chi connectivity index (χ0) is 15.0. The highest BCUT2D eigenvalue weighted by Crippen LogP contribution is 2.31. The fourth-order valence-electron chi connectivity index (χ4n) is 3.23. The van der Waals surface area contributed by atoms with E-state index >= 15 is 0 Å². The second kappa shape index (κ2) is 5.42. The maximum atomic E-state index is 12.8. The van der Waals surface area contributed by atoms with Gasteiger partial charge in [0.15, 0.2) is 0 Å². The SMILES string of the molecule is CCS(=O)(=O)N1CCCC1C(=O)N1CCc2ccccc21.